The first-order chi connectivity index (χ1) is 8.22. The molecule has 0 aliphatic heterocycles. The van der Waals surface area contributed by atoms with E-state index in [9.17, 15) is 9.59 Å². The predicted molar refractivity (Wildman–Crippen MR) is 60.8 cm³/mol. The summed E-state index contributed by atoms with van der Waals surface area (Å²) in [5.74, 6) is -0.192. The minimum atomic E-state index is -0.328. The highest BCUT2D eigenvalue weighted by atomic mass is 16.5. The zero-order valence-electron chi connectivity index (χ0n) is 9.75. The Morgan fingerprint density at radius 3 is 2.35 bits per heavy atom. The third-order valence-electron chi connectivity index (χ3n) is 3.21. The summed E-state index contributed by atoms with van der Waals surface area (Å²) in [5, 5.41) is 0. The Hall–Kier alpha value is -1.84. The number of ether oxygens (including phenoxy) is 2. The zero-order valence-corrected chi connectivity index (χ0v) is 9.75. The maximum Gasteiger partial charge on any atom is 0.310 e. The van der Waals surface area contributed by atoms with Crippen molar-refractivity contribution in [3.05, 3.63) is 29.8 Å². The van der Waals surface area contributed by atoms with Gasteiger partial charge < -0.3 is 14.3 Å². The van der Waals surface area contributed by atoms with Gasteiger partial charge in [0.15, 0.2) is 0 Å². The molecule has 0 radical (unpaired) electrons. The lowest BCUT2D eigenvalue weighted by molar-refractivity contribution is -0.143. The van der Waals surface area contributed by atoms with Crippen LogP contribution in [0, 0.1) is 11.8 Å². The lowest BCUT2D eigenvalue weighted by atomic mass is 10.1. The van der Waals surface area contributed by atoms with Crippen LogP contribution in [0.15, 0.2) is 24.3 Å². The standard InChI is InChI=1S/C13H14O4/c1-16-9-5-3-8(4-6-9)11-10(7-14)12(11)13(15)17-2/h3-7,10-12H,1-2H3. The highest BCUT2D eigenvalue weighted by Crippen LogP contribution is 2.53. The topological polar surface area (TPSA) is 52.6 Å². The molecule has 0 bridgehead atoms. The van der Waals surface area contributed by atoms with Gasteiger partial charge in [-0.3, -0.25) is 4.79 Å². The molecule has 4 nitrogen and oxygen atoms in total. The molecule has 1 aliphatic rings. The second-order valence-corrected chi connectivity index (χ2v) is 4.06. The van der Waals surface area contributed by atoms with E-state index in [4.69, 9.17) is 4.74 Å². The molecular weight excluding hydrogens is 220 g/mol. The molecule has 1 aromatic rings. The number of aldehydes is 1. The van der Waals surface area contributed by atoms with E-state index in [0.29, 0.717) is 0 Å². The summed E-state index contributed by atoms with van der Waals surface area (Å²) >= 11 is 0. The molecule has 3 atom stereocenters. The Labute approximate surface area is 99.5 Å². The Kier molecular flexibility index (Phi) is 3.13. The lowest BCUT2D eigenvalue weighted by Gasteiger charge is -2.02. The molecule has 1 fully saturated rings. The van der Waals surface area contributed by atoms with Gasteiger partial charge in [-0.05, 0) is 17.7 Å². The Morgan fingerprint density at radius 1 is 1.24 bits per heavy atom. The van der Waals surface area contributed by atoms with E-state index >= 15 is 0 Å². The van der Waals surface area contributed by atoms with Crippen LogP contribution in [0.4, 0.5) is 0 Å². The normalized spacial score (nSPS) is 26.1. The van der Waals surface area contributed by atoms with Crippen molar-refractivity contribution in [2.24, 2.45) is 11.8 Å². The number of hydrogen-bond donors (Lipinski definition) is 0. The van der Waals surface area contributed by atoms with E-state index in [1.54, 1.807) is 7.11 Å². The Morgan fingerprint density at radius 2 is 1.88 bits per heavy atom. The van der Waals surface area contributed by atoms with E-state index in [0.717, 1.165) is 17.6 Å². The SMILES string of the molecule is COC(=O)C1C(C=O)C1c1ccc(OC)cc1. The number of rotatable bonds is 4. The maximum absolute atomic E-state index is 11.4. The Balaban J connectivity index is 2.17. The molecular formula is C13H14O4. The molecule has 1 aromatic carbocycles. The molecule has 0 aromatic heterocycles. The molecule has 4 heteroatoms. The molecule has 0 spiro atoms. The number of carbonyl (C=O) groups is 2. The summed E-state index contributed by atoms with van der Waals surface area (Å²) in [6, 6.07) is 7.40. The first-order valence-corrected chi connectivity index (χ1v) is 5.40. The fraction of sp³-hybridized carbons (Fsp3) is 0.385. The van der Waals surface area contributed by atoms with Crippen LogP contribution in [-0.4, -0.2) is 26.5 Å². The highest BCUT2D eigenvalue weighted by molar-refractivity contribution is 5.84. The van der Waals surface area contributed by atoms with Gasteiger partial charge in [0, 0.05) is 11.8 Å². The van der Waals surface area contributed by atoms with Gasteiger partial charge in [-0.1, -0.05) is 12.1 Å². The summed E-state index contributed by atoms with van der Waals surface area (Å²) in [4.78, 5) is 22.3. The molecule has 0 saturated heterocycles. The Bertz CT molecular complexity index is 424. The predicted octanol–water partition coefficient (Wildman–Crippen LogP) is 1.40. The van der Waals surface area contributed by atoms with E-state index < -0.39 is 0 Å². The van der Waals surface area contributed by atoms with Gasteiger partial charge in [0.25, 0.3) is 0 Å². The number of hydrogen-bond acceptors (Lipinski definition) is 4. The summed E-state index contributed by atoms with van der Waals surface area (Å²) < 4.78 is 9.74. The largest absolute Gasteiger partial charge is 0.497 e. The van der Waals surface area contributed by atoms with Gasteiger partial charge >= 0.3 is 5.97 Å². The summed E-state index contributed by atoms with van der Waals surface area (Å²) in [7, 11) is 2.94. The molecule has 17 heavy (non-hydrogen) atoms. The second-order valence-electron chi connectivity index (χ2n) is 4.06. The fourth-order valence-corrected chi connectivity index (χ4v) is 2.20. The second kappa shape index (κ2) is 4.57. The van der Waals surface area contributed by atoms with Crippen LogP contribution in [0.1, 0.15) is 11.5 Å². The van der Waals surface area contributed by atoms with Gasteiger partial charge in [0.2, 0.25) is 0 Å². The van der Waals surface area contributed by atoms with E-state index in [2.05, 4.69) is 4.74 Å². The van der Waals surface area contributed by atoms with Crippen molar-refractivity contribution in [3.8, 4) is 5.75 Å². The van der Waals surface area contributed by atoms with E-state index in [1.165, 1.54) is 7.11 Å². The van der Waals surface area contributed by atoms with E-state index in [1.807, 2.05) is 24.3 Å². The smallest absolute Gasteiger partial charge is 0.310 e. The van der Waals surface area contributed by atoms with Crippen molar-refractivity contribution in [2.45, 2.75) is 5.92 Å². The lowest BCUT2D eigenvalue weighted by Crippen LogP contribution is -2.05. The fourth-order valence-electron chi connectivity index (χ4n) is 2.20. The number of benzene rings is 1. The number of esters is 1. The quantitative estimate of drug-likeness (QED) is 0.583. The maximum atomic E-state index is 11.4. The van der Waals surface area contributed by atoms with E-state index in [-0.39, 0.29) is 23.7 Å². The van der Waals surface area contributed by atoms with Crippen LogP contribution < -0.4 is 4.74 Å². The van der Waals surface area contributed by atoms with Crippen LogP contribution in [0.25, 0.3) is 0 Å². The first-order valence-electron chi connectivity index (χ1n) is 5.40. The van der Waals surface area contributed by atoms with Crippen molar-refractivity contribution >= 4 is 12.3 Å². The zero-order chi connectivity index (χ0) is 12.4. The van der Waals surface area contributed by atoms with Crippen LogP contribution in [-0.2, 0) is 14.3 Å². The molecule has 90 valence electrons. The van der Waals surface area contributed by atoms with Gasteiger partial charge in [-0.2, -0.15) is 0 Å². The van der Waals surface area contributed by atoms with Crippen molar-refractivity contribution in [3.63, 3.8) is 0 Å². The van der Waals surface area contributed by atoms with Gasteiger partial charge in [-0.15, -0.1) is 0 Å². The first kappa shape index (κ1) is 11.6. The number of methoxy groups -OCH3 is 2. The highest BCUT2D eigenvalue weighted by Gasteiger charge is 2.56. The van der Waals surface area contributed by atoms with Crippen molar-refractivity contribution < 1.29 is 19.1 Å². The van der Waals surface area contributed by atoms with Crippen molar-refractivity contribution in [1.29, 1.82) is 0 Å². The van der Waals surface area contributed by atoms with Crippen LogP contribution in [0.5, 0.6) is 5.75 Å². The summed E-state index contributed by atoms with van der Waals surface area (Å²) in [5.41, 5.74) is 0.971. The van der Waals surface area contributed by atoms with Crippen molar-refractivity contribution in [1.82, 2.24) is 0 Å². The molecule has 0 N–H and O–H groups in total. The van der Waals surface area contributed by atoms with Gasteiger partial charge in [-0.25, -0.2) is 0 Å². The third-order valence-corrected chi connectivity index (χ3v) is 3.21. The molecule has 3 unspecified atom stereocenters. The molecule has 0 heterocycles. The average Bonchev–Trinajstić information content (AvgIpc) is 3.12. The minimum Gasteiger partial charge on any atom is -0.497 e. The molecule has 1 saturated carbocycles. The van der Waals surface area contributed by atoms with Crippen LogP contribution >= 0.6 is 0 Å². The third kappa shape index (κ3) is 2.02. The molecule has 0 amide bonds. The summed E-state index contributed by atoms with van der Waals surface area (Å²) in [6.07, 6.45) is 0.830. The monoisotopic (exact) mass is 234 g/mol. The van der Waals surface area contributed by atoms with Gasteiger partial charge in [0.05, 0.1) is 20.1 Å². The van der Waals surface area contributed by atoms with Crippen LogP contribution in [0.2, 0.25) is 0 Å². The van der Waals surface area contributed by atoms with Gasteiger partial charge in [0.1, 0.15) is 12.0 Å². The van der Waals surface area contributed by atoms with Crippen molar-refractivity contribution in [2.75, 3.05) is 14.2 Å². The van der Waals surface area contributed by atoms with Crippen LogP contribution in [0.3, 0.4) is 0 Å². The summed E-state index contributed by atoms with van der Waals surface area (Å²) in [6.45, 7) is 0. The molecule has 1 aliphatic carbocycles. The molecule has 2 rings (SSSR count). The number of carbonyl (C=O) groups excluding carboxylic acids is 2. The average molecular weight is 234 g/mol. The minimum absolute atomic E-state index is 0.0501.